The molecule has 1 aromatic rings. The average Bonchev–Trinajstić information content (AvgIpc) is 2.05. The minimum absolute atomic E-state index is 0.231. The van der Waals surface area contributed by atoms with Gasteiger partial charge in [0.15, 0.2) is 9.84 Å². The third-order valence-electron chi connectivity index (χ3n) is 1.73. The van der Waals surface area contributed by atoms with Crippen LogP contribution >= 0.6 is 0 Å². The topological polar surface area (TPSA) is 54.0 Å². The van der Waals surface area contributed by atoms with E-state index in [1.165, 1.54) is 12.1 Å². The van der Waals surface area contributed by atoms with E-state index in [4.69, 9.17) is 0 Å². The van der Waals surface area contributed by atoms with Crippen LogP contribution in [0.25, 0.3) is 0 Å². The van der Waals surface area contributed by atoms with Gasteiger partial charge in [0.1, 0.15) is 0 Å². The summed E-state index contributed by atoms with van der Waals surface area (Å²) in [5.74, 6) is -0.323. The van der Waals surface area contributed by atoms with Crippen molar-refractivity contribution in [3.05, 3.63) is 29.8 Å². The second kappa shape index (κ2) is 3.89. The van der Waals surface area contributed by atoms with Crippen LogP contribution in [0.4, 0.5) is 0 Å². The Morgan fingerprint density at radius 1 is 1.15 bits per heavy atom. The Kier molecular flexibility index (Phi) is 3.06. The highest BCUT2D eigenvalue weighted by molar-refractivity contribution is 7.91. The maximum absolute atomic E-state index is 11.3. The standard InChI is InChI=1S/C9H11O3S/c1-8-2-4-9(5-3-8)13(11,12)7-6-10/h2-5H,6-7H2,1H3. The van der Waals surface area contributed by atoms with Crippen LogP contribution in [-0.4, -0.2) is 20.8 Å². The first-order valence-corrected chi connectivity index (χ1v) is 5.59. The first-order chi connectivity index (χ1) is 6.06. The highest BCUT2D eigenvalue weighted by atomic mass is 32.2. The van der Waals surface area contributed by atoms with Crippen molar-refractivity contribution >= 4 is 9.84 Å². The molecule has 13 heavy (non-hydrogen) atoms. The quantitative estimate of drug-likeness (QED) is 0.734. The maximum atomic E-state index is 11.3. The first-order valence-electron chi connectivity index (χ1n) is 3.94. The molecular weight excluding hydrogens is 188 g/mol. The molecule has 0 saturated carbocycles. The Hall–Kier alpha value is -0.870. The van der Waals surface area contributed by atoms with Gasteiger partial charge < -0.3 is 0 Å². The molecule has 0 heterocycles. The minimum Gasteiger partial charge on any atom is -0.236 e. The lowest BCUT2D eigenvalue weighted by atomic mass is 10.2. The summed E-state index contributed by atoms with van der Waals surface area (Å²) in [6, 6.07) is 6.50. The van der Waals surface area contributed by atoms with Gasteiger partial charge in [-0.25, -0.2) is 13.5 Å². The van der Waals surface area contributed by atoms with Crippen molar-refractivity contribution in [2.45, 2.75) is 11.8 Å². The van der Waals surface area contributed by atoms with Crippen molar-refractivity contribution in [3.8, 4) is 0 Å². The molecule has 0 unspecified atom stereocenters. The van der Waals surface area contributed by atoms with Crippen molar-refractivity contribution in [2.24, 2.45) is 0 Å². The van der Waals surface area contributed by atoms with Crippen LogP contribution in [0.2, 0.25) is 0 Å². The van der Waals surface area contributed by atoms with E-state index in [-0.39, 0.29) is 10.6 Å². The second-order valence-corrected chi connectivity index (χ2v) is 4.95. The molecule has 1 aromatic carbocycles. The highest BCUT2D eigenvalue weighted by Crippen LogP contribution is 2.11. The lowest BCUT2D eigenvalue weighted by Gasteiger charge is -2.01. The zero-order valence-electron chi connectivity index (χ0n) is 7.36. The molecular formula is C9H11O3S. The van der Waals surface area contributed by atoms with E-state index in [1.807, 2.05) is 6.92 Å². The lowest BCUT2D eigenvalue weighted by Crippen LogP contribution is -2.09. The molecule has 0 spiro atoms. The number of hydrogen-bond acceptors (Lipinski definition) is 2. The Balaban J connectivity index is 3.02. The van der Waals surface area contributed by atoms with Crippen LogP contribution in [0.1, 0.15) is 5.56 Å². The van der Waals surface area contributed by atoms with Crippen molar-refractivity contribution < 1.29 is 13.5 Å². The lowest BCUT2D eigenvalue weighted by molar-refractivity contribution is 0.213. The average molecular weight is 199 g/mol. The molecule has 71 valence electrons. The summed E-state index contributed by atoms with van der Waals surface area (Å²) in [5.41, 5.74) is 1.00. The van der Waals surface area contributed by atoms with Crippen LogP contribution in [0, 0.1) is 6.92 Å². The Labute approximate surface area is 77.9 Å². The molecule has 0 amide bonds. The number of benzene rings is 1. The SMILES string of the molecule is Cc1ccc(S(=O)(=O)CC[O])cc1. The molecule has 1 radical (unpaired) electrons. The van der Waals surface area contributed by atoms with Crippen LogP contribution in [0.5, 0.6) is 0 Å². The number of sulfone groups is 1. The van der Waals surface area contributed by atoms with E-state index in [0.29, 0.717) is 0 Å². The molecule has 0 aromatic heterocycles. The van der Waals surface area contributed by atoms with Crippen molar-refractivity contribution in [1.82, 2.24) is 0 Å². The third kappa shape index (κ3) is 2.54. The van der Waals surface area contributed by atoms with Gasteiger partial charge in [-0.1, -0.05) is 17.7 Å². The van der Waals surface area contributed by atoms with E-state index in [9.17, 15) is 13.5 Å². The summed E-state index contributed by atoms with van der Waals surface area (Å²) in [7, 11) is -3.34. The van der Waals surface area contributed by atoms with Gasteiger partial charge in [0, 0.05) is 0 Å². The summed E-state index contributed by atoms with van der Waals surface area (Å²) in [4.78, 5) is 0.231. The zero-order chi connectivity index (χ0) is 9.90. The molecule has 0 saturated heterocycles. The van der Waals surface area contributed by atoms with Crippen LogP contribution in [0.3, 0.4) is 0 Å². The number of aryl methyl sites for hydroxylation is 1. The van der Waals surface area contributed by atoms with Crippen LogP contribution in [-0.2, 0) is 14.9 Å². The molecule has 3 nitrogen and oxygen atoms in total. The Morgan fingerprint density at radius 2 is 1.69 bits per heavy atom. The summed E-state index contributed by atoms with van der Waals surface area (Å²) < 4.78 is 22.7. The van der Waals surface area contributed by atoms with E-state index in [0.717, 1.165) is 5.56 Å². The predicted octanol–water partition coefficient (Wildman–Crippen LogP) is 1.20. The molecule has 4 heteroatoms. The van der Waals surface area contributed by atoms with E-state index >= 15 is 0 Å². The molecule has 0 aliphatic carbocycles. The summed E-state index contributed by atoms with van der Waals surface area (Å²) >= 11 is 0. The van der Waals surface area contributed by atoms with E-state index < -0.39 is 16.4 Å². The predicted molar refractivity (Wildman–Crippen MR) is 48.8 cm³/mol. The van der Waals surface area contributed by atoms with Gasteiger partial charge >= 0.3 is 0 Å². The molecule has 0 aliphatic rings. The van der Waals surface area contributed by atoms with Gasteiger partial charge in [-0.05, 0) is 19.1 Å². The molecule has 0 N–H and O–H groups in total. The van der Waals surface area contributed by atoms with E-state index in [1.54, 1.807) is 12.1 Å². The molecule has 0 fully saturated rings. The summed E-state index contributed by atoms with van der Waals surface area (Å²) in [6.45, 7) is 1.29. The maximum Gasteiger partial charge on any atom is 0.180 e. The van der Waals surface area contributed by atoms with Crippen LogP contribution in [0.15, 0.2) is 29.2 Å². The number of hydrogen-bond donors (Lipinski definition) is 0. The zero-order valence-corrected chi connectivity index (χ0v) is 8.17. The van der Waals surface area contributed by atoms with E-state index in [2.05, 4.69) is 0 Å². The van der Waals surface area contributed by atoms with Crippen LogP contribution < -0.4 is 0 Å². The largest absolute Gasteiger partial charge is 0.236 e. The fraction of sp³-hybridized carbons (Fsp3) is 0.333. The first kappa shape index (κ1) is 10.2. The summed E-state index contributed by atoms with van der Waals surface area (Å²) in [6.07, 6.45) is 0. The Morgan fingerprint density at radius 3 is 2.15 bits per heavy atom. The minimum atomic E-state index is -3.34. The van der Waals surface area contributed by atoms with Gasteiger partial charge in [0.2, 0.25) is 0 Å². The normalized spacial score (nSPS) is 11.5. The molecule has 1 rings (SSSR count). The highest BCUT2D eigenvalue weighted by Gasteiger charge is 2.12. The third-order valence-corrected chi connectivity index (χ3v) is 3.43. The van der Waals surface area contributed by atoms with Gasteiger partial charge in [-0.2, -0.15) is 0 Å². The summed E-state index contributed by atoms with van der Waals surface area (Å²) in [5, 5.41) is 10.2. The molecule has 0 atom stereocenters. The molecule has 0 aliphatic heterocycles. The second-order valence-electron chi connectivity index (χ2n) is 2.84. The van der Waals surface area contributed by atoms with Crippen molar-refractivity contribution in [3.63, 3.8) is 0 Å². The Bertz CT molecular complexity index is 364. The van der Waals surface area contributed by atoms with Crippen molar-refractivity contribution in [1.29, 1.82) is 0 Å². The number of rotatable bonds is 3. The monoisotopic (exact) mass is 199 g/mol. The molecule has 0 bridgehead atoms. The fourth-order valence-corrected chi connectivity index (χ4v) is 1.98. The smallest absolute Gasteiger partial charge is 0.180 e. The van der Waals surface area contributed by atoms with Crippen molar-refractivity contribution in [2.75, 3.05) is 12.4 Å². The van der Waals surface area contributed by atoms with Gasteiger partial charge in [-0.3, -0.25) is 0 Å². The fourth-order valence-electron chi connectivity index (χ4n) is 0.973. The van der Waals surface area contributed by atoms with Gasteiger partial charge in [0.25, 0.3) is 0 Å². The van der Waals surface area contributed by atoms with Gasteiger partial charge in [-0.15, -0.1) is 0 Å². The van der Waals surface area contributed by atoms with Gasteiger partial charge in [0.05, 0.1) is 17.3 Å².